The molecule has 1 amide bonds. The third-order valence-electron chi connectivity index (χ3n) is 3.38. The first-order valence-corrected chi connectivity index (χ1v) is 7.32. The Kier molecular flexibility index (Phi) is 5.74. The molecule has 2 aromatic carbocycles. The molecule has 0 atom stereocenters. The molecule has 0 heterocycles. The number of methoxy groups -OCH3 is 1. The molecular weight excluding hydrogens is 294 g/mol. The standard InChI is InChI=1S/C18H19NO4/c1-3-13-7-4-5-9-15(13)19-17(21)12-23-18-14(11-20)8-6-10-16(18)22-2/h4-11H,3,12H2,1-2H3,(H,19,21). The summed E-state index contributed by atoms with van der Waals surface area (Å²) in [5, 5.41) is 2.81. The molecule has 0 unspecified atom stereocenters. The molecule has 0 saturated carbocycles. The van der Waals surface area contributed by atoms with Crippen LogP contribution in [0.5, 0.6) is 11.5 Å². The van der Waals surface area contributed by atoms with Gasteiger partial charge >= 0.3 is 0 Å². The molecule has 0 spiro atoms. The van der Waals surface area contributed by atoms with Crippen molar-refractivity contribution in [2.45, 2.75) is 13.3 Å². The van der Waals surface area contributed by atoms with Gasteiger partial charge in [0.1, 0.15) is 0 Å². The Labute approximate surface area is 135 Å². The Balaban J connectivity index is 2.06. The maximum atomic E-state index is 12.1. The Morgan fingerprint density at radius 3 is 2.65 bits per heavy atom. The highest BCUT2D eigenvalue weighted by Gasteiger charge is 2.13. The van der Waals surface area contributed by atoms with Crippen LogP contribution in [0.1, 0.15) is 22.8 Å². The second-order valence-electron chi connectivity index (χ2n) is 4.84. The van der Waals surface area contributed by atoms with Gasteiger partial charge in [-0.05, 0) is 30.2 Å². The van der Waals surface area contributed by atoms with Crippen LogP contribution < -0.4 is 14.8 Å². The monoisotopic (exact) mass is 313 g/mol. The Morgan fingerprint density at radius 1 is 1.17 bits per heavy atom. The van der Waals surface area contributed by atoms with Crippen LogP contribution in [0.3, 0.4) is 0 Å². The van der Waals surface area contributed by atoms with E-state index in [1.165, 1.54) is 7.11 Å². The maximum absolute atomic E-state index is 12.1. The van der Waals surface area contributed by atoms with Gasteiger partial charge in [0.25, 0.3) is 5.91 Å². The summed E-state index contributed by atoms with van der Waals surface area (Å²) in [5.74, 6) is 0.383. The third-order valence-corrected chi connectivity index (χ3v) is 3.38. The summed E-state index contributed by atoms with van der Waals surface area (Å²) in [6.07, 6.45) is 1.49. The topological polar surface area (TPSA) is 64.6 Å². The summed E-state index contributed by atoms with van der Waals surface area (Å²) in [7, 11) is 1.48. The molecule has 5 heteroatoms. The Bertz CT molecular complexity index is 697. The smallest absolute Gasteiger partial charge is 0.262 e. The van der Waals surface area contributed by atoms with Gasteiger partial charge in [0.2, 0.25) is 0 Å². The zero-order valence-electron chi connectivity index (χ0n) is 13.2. The molecule has 0 saturated heterocycles. The predicted octanol–water partition coefficient (Wildman–Crippen LogP) is 3.09. The van der Waals surface area contributed by atoms with Gasteiger partial charge in [0, 0.05) is 5.69 Å². The van der Waals surface area contributed by atoms with Crippen molar-refractivity contribution in [3.05, 3.63) is 53.6 Å². The average molecular weight is 313 g/mol. The number of hydrogen-bond donors (Lipinski definition) is 1. The van der Waals surface area contributed by atoms with Crippen LogP contribution in [0, 0.1) is 0 Å². The number of amides is 1. The maximum Gasteiger partial charge on any atom is 0.262 e. The van der Waals surface area contributed by atoms with Crippen LogP contribution in [-0.4, -0.2) is 25.9 Å². The summed E-state index contributed by atoms with van der Waals surface area (Å²) in [6.45, 7) is 1.81. The fraction of sp³-hybridized carbons (Fsp3) is 0.222. The van der Waals surface area contributed by atoms with Crippen LogP contribution in [0.4, 0.5) is 5.69 Å². The zero-order valence-corrected chi connectivity index (χ0v) is 13.2. The van der Waals surface area contributed by atoms with E-state index in [0.717, 1.165) is 17.7 Å². The normalized spacial score (nSPS) is 10.0. The van der Waals surface area contributed by atoms with Gasteiger partial charge in [-0.3, -0.25) is 9.59 Å². The molecule has 0 bridgehead atoms. The lowest BCUT2D eigenvalue weighted by Gasteiger charge is -2.13. The van der Waals surface area contributed by atoms with Gasteiger partial charge in [-0.15, -0.1) is 0 Å². The molecule has 5 nitrogen and oxygen atoms in total. The van der Waals surface area contributed by atoms with Gasteiger partial charge in [-0.25, -0.2) is 0 Å². The molecule has 2 aromatic rings. The van der Waals surface area contributed by atoms with Crippen molar-refractivity contribution in [2.75, 3.05) is 19.0 Å². The second-order valence-corrected chi connectivity index (χ2v) is 4.84. The quantitative estimate of drug-likeness (QED) is 0.798. The molecule has 23 heavy (non-hydrogen) atoms. The van der Waals surface area contributed by atoms with Crippen LogP contribution in [0.2, 0.25) is 0 Å². The van der Waals surface area contributed by atoms with E-state index in [4.69, 9.17) is 9.47 Å². The molecule has 0 aliphatic rings. The number of carbonyl (C=O) groups excluding carboxylic acids is 2. The first kappa shape index (κ1) is 16.5. The van der Waals surface area contributed by atoms with Crippen LogP contribution >= 0.6 is 0 Å². The van der Waals surface area contributed by atoms with Crippen molar-refractivity contribution in [1.82, 2.24) is 0 Å². The Hall–Kier alpha value is -2.82. The van der Waals surface area contributed by atoms with Crippen LogP contribution in [-0.2, 0) is 11.2 Å². The molecular formula is C18H19NO4. The van der Waals surface area contributed by atoms with Crippen molar-refractivity contribution >= 4 is 17.9 Å². The zero-order chi connectivity index (χ0) is 16.7. The van der Waals surface area contributed by atoms with Gasteiger partial charge in [0.05, 0.1) is 12.7 Å². The number of hydrogen-bond acceptors (Lipinski definition) is 4. The molecule has 1 N–H and O–H groups in total. The van der Waals surface area contributed by atoms with E-state index in [9.17, 15) is 9.59 Å². The first-order valence-electron chi connectivity index (χ1n) is 7.32. The highest BCUT2D eigenvalue weighted by molar-refractivity contribution is 5.93. The van der Waals surface area contributed by atoms with Crippen molar-refractivity contribution in [1.29, 1.82) is 0 Å². The highest BCUT2D eigenvalue weighted by atomic mass is 16.5. The molecule has 0 radical (unpaired) electrons. The number of rotatable bonds is 7. The number of aldehydes is 1. The SMILES string of the molecule is CCc1ccccc1NC(=O)COc1c(C=O)cccc1OC. The van der Waals surface area contributed by atoms with E-state index in [2.05, 4.69) is 5.32 Å². The molecule has 0 aromatic heterocycles. The lowest BCUT2D eigenvalue weighted by atomic mass is 10.1. The van der Waals surface area contributed by atoms with Gasteiger partial charge < -0.3 is 14.8 Å². The van der Waals surface area contributed by atoms with Crippen LogP contribution in [0.15, 0.2) is 42.5 Å². The highest BCUT2D eigenvalue weighted by Crippen LogP contribution is 2.29. The number of para-hydroxylation sites is 2. The lowest BCUT2D eigenvalue weighted by molar-refractivity contribution is -0.118. The summed E-state index contributed by atoms with van der Waals surface area (Å²) in [4.78, 5) is 23.2. The minimum Gasteiger partial charge on any atom is -0.493 e. The van der Waals surface area contributed by atoms with E-state index in [-0.39, 0.29) is 18.3 Å². The predicted molar refractivity (Wildman–Crippen MR) is 88.3 cm³/mol. The van der Waals surface area contributed by atoms with E-state index in [1.807, 2.05) is 31.2 Å². The van der Waals surface area contributed by atoms with Crippen molar-refractivity contribution in [3.8, 4) is 11.5 Å². The number of benzene rings is 2. The molecule has 120 valence electrons. The van der Waals surface area contributed by atoms with Crippen molar-refractivity contribution in [2.24, 2.45) is 0 Å². The molecule has 0 aliphatic carbocycles. The third kappa shape index (κ3) is 4.10. The molecule has 0 aliphatic heterocycles. The second kappa shape index (κ2) is 7.98. The minimum atomic E-state index is -0.298. The lowest BCUT2D eigenvalue weighted by Crippen LogP contribution is -2.21. The van der Waals surface area contributed by atoms with Crippen molar-refractivity contribution < 1.29 is 19.1 Å². The van der Waals surface area contributed by atoms with Gasteiger partial charge in [-0.1, -0.05) is 31.2 Å². The minimum absolute atomic E-state index is 0.209. The van der Waals surface area contributed by atoms with E-state index in [0.29, 0.717) is 17.6 Å². The van der Waals surface area contributed by atoms with Gasteiger partial charge in [-0.2, -0.15) is 0 Å². The van der Waals surface area contributed by atoms with Crippen LogP contribution in [0.25, 0.3) is 0 Å². The molecule has 2 rings (SSSR count). The average Bonchev–Trinajstić information content (AvgIpc) is 2.59. The summed E-state index contributed by atoms with van der Waals surface area (Å²) >= 11 is 0. The number of anilines is 1. The van der Waals surface area contributed by atoms with E-state index >= 15 is 0 Å². The number of ether oxygens (including phenoxy) is 2. The molecule has 0 fully saturated rings. The number of nitrogens with one attached hydrogen (secondary N) is 1. The Morgan fingerprint density at radius 2 is 1.96 bits per heavy atom. The summed E-state index contributed by atoms with van der Waals surface area (Å²) in [6, 6.07) is 12.6. The fourth-order valence-electron chi connectivity index (χ4n) is 2.22. The van der Waals surface area contributed by atoms with E-state index in [1.54, 1.807) is 18.2 Å². The van der Waals surface area contributed by atoms with Crippen molar-refractivity contribution in [3.63, 3.8) is 0 Å². The largest absolute Gasteiger partial charge is 0.493 e. The van der Waals surface area contributed by atoms with E-state index < -0.39 is 0 Å². The fourth-order valence-corrected chi connectivity index (χ4v) is 2.22. The van der Waals surface area contributed by atoms with Gasteiger partial charge in [0.15, 0.2) is 24.4 Å². The number of carbonyl (C=O) groups is 2. The summed E-state index contributed by atoms with van der Waals surface area (Å²) in [5.41, 5.74) is 2.15. The summed E-state index contributed by atoms with van der Waals surface area (Å²) < 4.78 is 10.6. The number of aryl methyl sites for hydroxylation is 1. The first-order chi connectivity index (χ1) is 11.2.